The molecule has 29 heavy (non-hydrogen) atoms. The van der Waals surface area contributed by atoms with Gasteiger partial charge in [0.15, 0.2) is 0 Å². The van der Waals surface area contributed by atoms with Crippen LogP contribution in [0.4, 0.5) is 5.69 Å². The Morgan fingerprint density at radius 3 is 2.66 bits per heavy atom. The van der Waals surface area contributed by atoms with Crippen molar-refractivity contribution in [1.82, 2.24) is 14.5 Å². The van der Waals surface area contributed by atoms with Crippen LogP contribution in [-0.2, 0) is 10.0 Å². The van der Waals surface area contributed by atoms with Crippen LogP contribution >= 0.6 is 11.3 Å². The lowest BCUT2D eigenvalue weighted by Gasteiger charge is -2.40. The van der Waals surface area contributed by atoms with Crippen LogP contribution in [-0.4, -0.2) is 48.6 Å². The summed E-state index contributed by atoms with van der Waals surface area (Å²) >= 11 is 1.17. The number of nitrogens with zero attached hydrogens (tertiary/aromatic N) is 3. The standard InChI is InChI=1S/C20H22N4O3S2/c1-14-4-3-5-16(12-14)24-11-10-23(13-15(24)2)29(26,27)20-9-7-18(28-20)17-6-8-19(25)22-21-17/h3-9,12,15H,10-11,13H2,1-2H3,(H,22,25)/t15-/m1/s1. The van der Waals surface area contributed by atoms with Crippen molar-refractivity contribution >= 4 is 27.0 Å². The van der Waals surface area contributed by atoms with Gasteiger partial charge in [0.05, 0.1) is 4.88 Å². The number of aryl methyl sites for hydroxylation is 1. The molecule has 1 aliphatic rings. The Hall–Kier alpha value is -2.49. The van der Waals surface area contributed by atoms with Gasteiger partial charge in [0, 0.05) is 37.4 Å². The molecule has 0 saturated carbocycles. The van der Waals surface area contributed by atoms with Crippen molar-refractivity contribution in [3.8, 4) is 10.6 Å². The molecular formula is C20H22N4O3S2. The number of hydrogen-bond acceptors (Lipinski definition) is 6. The second kappa shape index (κ2) is 7.74. The van der Waals surface area contributed by atoms with Crippen molar-refractivity contribution in [2.75, 3.05) is 24.5 Å². The summed E-state index contributed by atoms with van der Waals surface area (Å²) in [5.41, 5.74) is 2.57. The molecule has 3 aromatic rings. The summed E-state index contributed by atoms with van der Waals surface area (Å²) in [6.07, 6.45) is 0. The van der Waals surface area contributed by atoms with E-state index in [0.29, 0.717) is 30.2 Å². The molecule has 1 fully saturated rings. The Kier molecular flexibility index (Phi) is 5.28. The molecular weight excluding hydrogens is 408 g/mol. The summed E-state index contributed by atoms with van der Waals surface area (Å²) in [6.45, 7) is 5.61. The van der Waals surface area contributed by atoms with Gasteiger partial charge < -0.3 is 4.90 Å². The quantitative estimate of drug-likeness (QED) is 0.688. The molecule has 1 aromatic carbocycles. The number of piperazine rings is 1. The summed E-state index contributed by atoms with van der Waals surface area (Å²) in [5.74, 6) is 0. The van der Waals surface area contributed by atoms with E-state index in [1.807, 2.05) is 13.0 Å². The van der Waals surface area contributed by atoms with Crippen LogP contribution < -0.4 is 10.5 Å². The number of rotatable bonds is 4. The largest absolute Gasteiger partial charge is 0.366 e. The predicted octanol–water partition coefficient (Wildman–Crippen LogP) is 2.71. The number of benzene rings is 1. The third kappa shape index (κ3) is 3.98. The van der Waals surface area contributed by atoms with Gasteiger partial charge in [-0.1, -0.05) is 12.1 Å². The van der Waals surface area contributed by atoms with Crippen molar-refractivity contribution in [2.45, 2.75) is 24.1 Å². The third-order valence-corrected chi connectivity index (χ3v) is 8.47. The Morgan fingerprint density at radius 2 is 1.97 bits per heavy atom. The SMILES string of the molecule is Cc1cccc(N2CCN(S(=O)(=O)c3ccc(-c4ccc(=O)[nH]n4)s3)C[C@H]2C)c1. The summed E-state index contributed by atoms with van der Waals surface area (Å²) in [6, 6.07) is 14.6. The molecule has 2 aromatic heterocycles. The molecule has 1 atom stereocenters. The highest BCUT2D eigenvalue weighted by atomic mass is 32.2. The Balaban J connectivity index is 1.53. The van der Waals surface area contributed by atoms with E-state index < -0.39 is 10.0 Å². The Bertz CT molecular complexity index is 1170. The van der Waals surface area contributed by atoms with Crippen LogP contribution in [0.2, 0.25) is 0 Å². The smallest absolute Gasteiger partial charge is 0.264 e. The zero-order valence-corrected chi connectivity index (χ0v) is 17.8. The van der Waals surface area contributed by atoms with Crippen LogP contribution in [0.5, 0.6) is 0 Å². The van der Waals surface area contributed by atoms with E-state index in [9.17, 15) is 13.2 Å². The van der Waals surface area contributed by atoms with E-state index in [-0.39, 0.29) is 15.8 Å². The molecule has 0 spiro atoms. The highest BCUT2D eigenvalue weighted by Gasteiger charge is 2.33. The lowest BCUT2D eigenvalue weighted by atomic mass is 10.1. The minimum Gasteiger partial charge on any atom is -0.366 e. The molecule has 0 aliphatic carbocycles. The first-order valence-electron chi connectivity index (χ1n) is 9.34. The van der Waals surface area contributed by atoms with E-state index in [1.165, 1.54) is 23.0 Å². The zero-order chi connectivity index (χ0) is 20.6. The fraction of sp³-hybridized carbons (Fsp3) is 0.300. The second-order valence-corrected chi connectivity index (χ2v) is 10.4. The number of thiophene rings is 1. The first kappa shape index (κ1) is 19.8. The van der Waals surface area contributed by atoms with E-state index in [0.717, 1.165) is 5.69 Å². The van der Waals surface area contributed by atoms with Gasteiger partial charge in [-0.15, -0.1) is 11.3 Å². The number of aromatic amines is 1. The topological polar surface area (TPSA) is 86.4 Å². The van der Waals surface area contributed by atoms with Gasteiger partial charge in [0.1, 0.15) is 9.90 Å². The molecule has 0 unspecified atom stereocenters. The van der Waals surface area contributed by atoms with Crippen LogP contribution in [0.15, 0.2) is 57.5 Å². The molecule has 1 N–H and O–H groups in total. The van der Waals surface area contributed by atoms with E-state index in [1.54, 1.807) is 22.5 Å². The highest BCUT2D eigenvalue weighted by Crippen LogP contribution is 2.32. The number of aromatic nitrogens is 2. The average molecular weight is 431 g/mol. The van der Waals surface area contributed by atoms with Crippen LogP contribution in [0.1, 0.15) is 12.5 Å². The highest BCUT2D eigenvalue weighted by molar-refractivity contribution is 7.91. The minimum atomic E-state index is -3.58. The average Bonchev–Trinajstić information content (AvgIpc) is 3.19. The third-order valence-electron chi connectivity index (χ3n) is 5.03. The fourth-order valence-corrected chi connectivity index (χ4v) is 6.48. The van der Waals surface area contributed by atoms with Crippen LogP contribution in [0.25, 0.3) is 10.6 Å². The number of anilines is 1. The molecule has 0 amide bonds. The van der Waals surface area contributed by atoms with E-state index >= 15 is 0 Å². The van der Waals surface area contributed by atoms with Gasteiger partial charge in [0.25, 0.3) is 15.6 Å². The van der Waals surface area contributed by atoms with Crippen molar-refractivity contribution in [2.24, 2.45) is 0 Å². The van der Waals surface area contributed by atoms with E-state index in [2.05, 4.69) is 40.2 Å². The molecule has 0 bridgehead atoms. The van der Waals surface area contributed by atoms with Gasteiger partial charge in [-0.25, -0.2) is 13.5 Å². The maximum atomic E-state index is 13.2. The van der Waals surface area contributed by atoms with E-state index in [4.69, 9.17) is 0 Å². The van der Waals surface area contributed by atoms with Gasteiger partial charge in [-0.3, -0.25) is 4.79 Å². The van der Waals surface area contributed by atoms with Crippen molar-refractivity contribution in [3.05, 3.63) is 64.4 Å². The lowest BCUT2D eigenvalue weighted by Crippen LogP contribution is -2.53. The van der Waals surface area contributed by atoms with Crippen molar-refractivity contribution < 1.29 is 8.42 Å². The molecule has 0 radical (unpaired) electrons. The van der Waals surface area contributed by atoms with Crippen LogP contribution in [0, 0.1) is 6.92 Å². The lowest BCUT2D eigenvalue weighted by molar-refractivity contribution is 0.343. The molecule has 1 aliphatic heterocycles. The molecule has 9 heteroatoms. The molecule has 152 valence electrons. The fourth-order valence-electron chi connectivity index (χ4n) is 3.54. The summed E-state index contributed by atoms with van der Waals surface area (Å²) in [5, 5.41) is 6.35. The van der Waals surface area contributed by atoms with Crippen molar-refractivity contribution in [1.29, 1.82) is 0 Å². The molecule has 1 saturated heterocycles. The monoisotopic (exact) mass is 430 g/mol. The summed E-state index contributed by atoms with van der Waals surface area (Å²) in [7, 11) is -3.58. The first-order chi connectivity index (χ1) is 13.8. The Morgan fingerprint density at radius 1 is 1.14 bits per heavy atom. The zero-order valence-electron chi connectivity index (χ0n) is 16.2. The van der Waals surface area contributed by atoms with Gasteiger partial charge in [-0.05, 0) is 49.7 Å². The van der Waals surface area contributed by atoms with Gasteiger partial charge in [-0.2, -0.15) is 9.40 Å². The summed E-state index contributed by atoms with van der Waals surface area (Å²) in [4.78, 5) is 14.1. The summed E-state index contributed by atoms with van der Waals surface area (Å²) < 4.78 is 28.2. The Labute approximate surface area is 173 Å². The maximum Gasteiger partial charge on any atom is 0.264 e. The first-order valence-corrected chi connectivity index (χ1v) is 11.6. The maximum absolute atomic E-state index is 13.2. The molecule has 7 nitrogen and oxygen atoms in total. The number of sulfonamides is 1. The molecule has 4 rings (SSSR count). The number of hydrogen-bond donors (Lipinski definition) is 1. The van der Waals surface area contributed by atoms with Gasteiger partial charge in [0.2, 0.25) is 0 Å². The molecule has 3 heterocycles. The predicted molar refractivity (Wildman–Crippen MR) is 115 cm³/mol. The van der Waals surface area contributed by atoms with Gasteiger partial charge >= 0.3 is 0 Å². The van der Waals surface area contributed by atoms with Crippen molar-refractivity contribution in [3.63, 3.8) is 0 Å². The normalized spacial score (nSPS) is 18.1. The minimum absolute atomic E-state index is 0.0700. The second-order valence-electron chi connectivity index (χ2n) is 7.17. The van der Waals surface area contributed by atoms with Crippen LogP contribution in [0.3, 0.4) is 0 Å². The number of nitrogens with one attached hydrogen (secondary N) is 1. The number of H-pyrrole nitrogens is 1.